The van der Waals surface area contributed by atoms with Crippen LogP contribution in [-0.4, -0.2) is 36.3 Å². The van der Waals surface area contributed by atoms with E-state index in [0.29, 0.717) is 12.1 Å². The molecule has 7 heteroatoms. The molecular weight excluding hydrogens is 386 g/mol. The van der Waals surface area contributed by atoms with Crippen molar-refractivity contribution in [1.82, 2.24) is 14.6 Å². The molecule has 0 bridgehead atoms. The van der Waals surface area contributed by atoms with Crippen LogP contribution in [-0.2, 0) is 10.0 Å². The molecule has 156 valence electrons. The number of amides is 1. The van der Waals surface area contributed by atoms with Crippen LogP contribution in [0.5, 0.6) is 0 Å². The normalized spacial score (nSPS) is 18.3. The first-order valence-electron chi connectivity index (χ1n) is 10.0. The van der Waals surface area contributed by atoms with Crippen LogP contribution in [0.4, 0.5) is 0 Å². The lowest BCUT2D eigenvalue weighted by molar-refractivity contribution is 0.0680. The maximum Gasteiger partial charge on any atom is 0.254 e. The van der Waals surface area contributed by atoms with E-state index in [4.69, 9.17) is 0 Å². The van der Waals surface area contributed by atoms with Gasteiger partial charge in [-0.2, -0.15) is 0 Å². The molecule has 0 spiro atoms. The SMILES string of the molecule is CC(C)(C)NS(=O)(=O)c1ccc(C(=O)N2CCCCCC2c2ccncc2)cc1. The van der Waals surface area contributed by atoms with E-state index >= 15 is 0 Å². The summed E-state index contributed by atoms with van der Waals surface area (Å²) in [6.45, 7) is 6.07. The molecule has 1 aromatic carbocycles. The third-order valence-electron chi connectivity index (χ3n) is 4.96. The molecule has 1 fully saturated rings. The Balaban J connectivity index is 1.85. The van der Waals surface area contributed by atoms with Crippen molar-refractivity contribution in [3.63, 3.8) is 0 Å². The van der Waals surface area contributed by atoms with Gasteiger partial charge in [0.1, 0.15) is 0 Å². The number of hydrogen-bond donors (Lipinski definition) is 1. The highest BCUT2D eigenvalue weighted by Gasteiger charge is 2.28. The van der Waals surface area contributed by atoms with Gasteiger partial charge in [0.05, 0.1) is 10.9 Å². The van der Waals surface area contributed by atoms with Crippen molar-refractivity contribution in [3.05, 3.63) is 59.9 Å². The highest BCUT2D eigenvalue weighted by molar-refractivity contribution is 7.89. The molecular formula is C22H29N3O3S. The zero-order chi connectivity index (χ0) is 21.1. The van der Waals surface area contributed by atoms with Gasteiger partial charge < -0.3 is 4.90 Å². The molecule has 0 radical (unpaired) electrons. The lowest BCUT2D eigenvalue weighted by Gasteiger charge is -2.30. The molecule has 1 unspecified atom stereocenters. The fourth-order valence-electron chi connectivity index (χ4n) is 3.69. The second-order valence-electron chi connectivity index (χ2n) is 8.52. The van der Waals surface area contributed by atoms with Crippen molar-refractivity contribution in [3.8, 4) is 0 Å². The third-order valence-corrected chi connectivity index (χ3v) is 6.73. The minimum absolute atomic E-state index is 0.0129. The number of likely N-dealkylation sites (tertiary alicyclic amines) is 1. The standard InChI is InChI=1S/C22H29N3O3S/c1-22(2,3)24-29(27,28)19-10-8-18(9-11-19)21(26)25-16-6-4-5-7-20(25)17-12-14-23-15-13-17/h8-15,20,24H,4-7,16H2,1-3H3. The molecule has 1 aromatic heterocycles. The Hall–Kier alpha value is -2.25. The van der Waals surface area contributed by atoms with Crippen LogP contribution in [0.3, 0.4) is 0 Å². The van der Waals surface area contributed by atoms with Gasteiger partial charge in [-0.05, 0) is 75.6 Å². The Morgan fingerprint density at radius 1 is 1.03 bits per heavy atom. The average molecular weight is 416 g/mol. The first-order chi connectivity index (χ1) is 13.7. The number of carbonyl (C=O) groups is 1. The first kappa shape index (κ1) is 21.5. The van der Waals surface area contributed by atoms with Crippen LogP contribution in [0.15, 0.2) is 53.7 Å². The van der Waals surface area contributed by atoms with Crippen molar-refractivity contribution in [1.29, 1.82) is 0 Å². The molecule has 1 N–H and O–H groups in total. The number of pyridine rings is 1. The molecule has 2 aromatic rings. The van der Waals surface area contributed by atoms with Gasteiger partial charge in [-0.1, -0.05) is 12.8 Å². The number of benzene rings is 1. The van der Waals surface area contributed by atoms with E-state index < -0.39 is 15.6 Å². The summed E-state index contributed by atoms with van der Waals surface area (Å²) in [5, 5.41) is 0. The smallest absolute Gasteiger partial charge is 0.254 e. The molecule has 3 rings (SSSR count). The van der Waals surface area contributed by atoms with Crippen LogP contribution < -0.4 is 4.72 Å². The van der Waals surface area contributed by atoms with Gasteiger partial charge in [0, 0.05) is 30.0 Å². The number of carbonyl (C=O) groups excluding carboxylic acids is 1. The quantitative estimate of drug-likeness (QED) is 0.821. The van der Waals surface area contributed by atoms with Gasteiger partial charge in [-0.3, -0.25) is 9.78 Å². The van der Waals surface area contributed by atoms with E-state index in [1.807, 2.05) is 17.0 Å². The summed E-state index contributed by atoms with van der Waals surface area (Å²) in [6.07, 6.45) is 7.57. The van der Waals surface area contributed by atoms with Crippen LogP contribution in [0, 0.1) is 0 Å². The fourth-order valence-corrected chi connectivity index (χ4v) is 5.11. The topological polar surface area (TPSA) is 79.4 Å². The third kappa shape index (κ3) is 5.42. The fraction of sp³-hybridized carbons (Fsp3) is 0.455. The molecule has 1 saturated heterocycles. The number of nitrogens with one attached hydrogen (secondary N) is 1. The van der Waals surface area contributed by atoms with Crippen LogP contribution in [0.1, 0.15) is 68.4 Å². The van der Waals surface area contributed by atoms with Gasteiger partial charge in [-0.15, -0.1) is 0 Å². The van der Waals surface area contributed by atoms with Gasteiger partial charge in [-0.25, -0.2) is 13.1 Å². The first-order valence-corrected chi connectivity index (χ1v) is 11.5. The summed E-state index contributed by atoms with van der Waals surface area (Å²) >= 11 is 0. The van der Waals surface area contributed by atoms with E-state index in [1.165, 1.54) is 12.1 Å². The van der Waals surface area contributed by atoms with Crippen LogP contribution in [0.25, 0.3) is 0 Å². The van der Waals surface area contributed by atoms with Gasteiger partial charge >= 0.3 is 0 Å². The number of rotatable bonds is 4. The maximum atomic E-state index is 13.3. The zero-order valence-corrected chi connectivity index (χ0v) is 18.1. The number of sulfonamides is 1. The molecule has 6 nitrogen and oxygen atoms in total. The lowest BCUT2D eigenvalue weighted by atomic mass is 10.0. The summed E-state index contributed by atoms with van der Waals surface area (Å²) in [6, 6.07) is 10.1. The molecule has 0 saturated carbocycles. The van der Waals surface area contributed by atoms with E-state index in [0.717, 1.165) is 31.2 Å². The van der Waals surface area contributed by atoms with Crippen molar-refractivity contribution in [2.24, 2.45) is 0 Å². The molecule has 1 aliphatic heterocycles. The molecule has 2 heterocycles. The maximum absolute atomic E-state index is 13.3. The Morgan fingerprint density at radius 3 is 2.31 bits per heavy atom. The Labute approximate surface area is 173 Å². The van der Waals surface area contributed by atoms with Crippen molar-refractivity contribution < 1.29 is 13.2 Å². The van der Waals surface area contributed by atoms with Gasteiger partial charge in [0.25, 0.3) is 5.91 Å². The summed E-state index contributed by atoms with van der Waals surface area (Å²) in [5.41, 5.74) is 1.02. The van der Waals surface area contributed by atoms with E-state index in [2.05, 4.69) is 9.71 Å². The van der Waals surface area contributed by atoms with Gasteiger partial charge in [0.15, 0.2) is 0 Å². The summed E-state index contributed by atoms with van der Waals surface area (Å²) < 4.78 is 27.6. The second kappa shape index (κ2) is 8.63. The van der Waals surface area contributed by atoms with Crippen molar-refractivity contribution in [2.75, 3.05) is 6.54 Å². The average Bonchev–Trinajstić information content (AvgIpc) is 2.92. The zero-order valence-electron chi connectivity index (χ0n) is 17.3. The number of hydrogen-bond acceptors (Lipinski definition) is 4. The number of aromatic nitrogens is 1. The summed E-state index contributed by atoms with van der Waals surface area (Å²) in [5.74, 6) is -0.0681. The number of nitrogens with zero attached hydrogens (tertiary/aromatic N) is 2. The van der Waals surface area contributed by atoms with Crippen molar-refractivity contribution in [2.45, 2.75) is 62.9 Å². The molecule has 29 heavy (non-hydrogen) atoms. The second-order valence-corrected chi connectivity index (χ2v) is 10.2. The van der Waals surface area contributed by atoms with Gasteiger partial charge in [0.2, 0.25) is 10.0 Å². The molecule has 1 amide bonds. The minimum Gasteiger partial charge on any atom is -0.332 e. The monoisotopic (exact) mass is 415 g/mol. The minimum atomic E-state index is -3.63. The van der Waals surface area contributed by atoms with E-state index in [1.54, 1.807) is 45.3 Å². The highest BCUT2D eigenvalue weighted by Crippen LogP contribution is 2.31. The predicted octanol–water partition coefficient (Wildman–Crippen LogP) is 3.92. The van der Waals surface area contributed by atoms with E-state index in [9.17, 15) is 13.2 Å². The summed E-state index contributed by atoms with van der Waals surface area (Å²) in [4.78, 5) is 19.4. The Morgan fingerprint density at radius 2 is 1.69 bits per heavy atom. The molecule has 0 aliphatic carbocycles. The van der Waals surface area contributed by atoms with E-state index in [-0.39, 0.29) is 16.8 Å². The summed E-state index contributed by atoms with van der Waals surface area (Å²) in [7, 11) is -3.63. The van der Waals surface area contributed by atoms with Crippen molar-refractivity contribution >= 4 is 15.9 Å². The Bertz CT molecular complexity index is 936. The Kier molecular flexibility index (Phi) is 6.39. The largest absolute Gasteiger partial charge is 0.332 e. The predicted molar refractivity (Wildman–Crippen MR) is 113 cm³/mol. The molecule has 1 atom stereocenters. The highest BCUT2D eigenvalue weighted by atomic mass is 32.2. The lowest BCUT2D eigenvalue weighted by Crippen LogP contribution is -2.40. The van der Waals surface area contributed by atoms with Crippen LogP contribution in [0.2, 0.25) is 0 Å². The van der Waals surface area contributed by atoms with Crippen LogP contribution >= 0.6 is 0 Å². The molecule has 1 aliphatic rings.